The van der Waals surface area contributed by atoms with E-state index in [1.165, 1.54) is 31.7 Å². The van der Waals surface area contributed by atoms with E-state index in [2.05, 4.69) is 34.3 Å². The summed E-state index contributed by atoms with van der Waals surface area (Å²) in [6, 6.07) is 6.96. The van der Waals surface area contributed by atoms with Crippen LogP contribution in [0, 0.1) is 11.8 Å². The van der Waals surface area contributed by atoms with Crippen LogP contribution < -0.4 is 5.32 Å². The zero-order valence-corrected chi connectivity index (χ0v) is 10.5. The number of rotatable bonds is 3. The first-order valence-corrected chi connectivity index (χ1v) is 6.73. The minimum absolute atomic E-state index is 0.747. The molecular formula is C14H21N3. The molecule has 0 radical (unpaired) electrons. The number of hydrogen-bond acceptors (Lipinski definition) is 3. The number of pyridine rings is 1. The van der Waals surface area contributed by atoms with Crippen molar-refractivity contribution in [2.24, 2.45) is 11.8 Å². The van der Waals surface area contributed by atoms with Crippen molar-refractivity contribution in [1.82, 2.24) is 15.2 Å². The lowest BCUT2D eigenvalue weighted by Gasteiger charge is -2.26. The summed E-state index contributed by atoms with van der Waals surface area (Å²) in [6.45, 7) is 7.00. The zero-order chi connectivity index (χ0) is 11.7. The maximum absolute atomic E-state index is 4.45. The maximum Gasteiger partial charge on any atom is 0.0544 e. The van der Waals surface area contributed by atoms with Crippen molar-refractivity contribution in [3.8, 4) is 0 Å². The van der Waals surface area contributed by atoms with Gasteiger partial charge < -0.3 is 5.32 Å². The van der Waals surface area contributed by atoms with E-state index in [-0.39, 0.29) is 0 Å². The van der Waals surface area contributed by atoms with Gasteiger partial charge in [0.25, 0.3) is 0 Å². The fourth-order valence-electron chi connectivity index (χ4n) is 3.55. The third kappa shape index (κ3) is 2.09. The van der Waals surface area contributed by atoms with Gasteiger partial charge >= 0.3 is 0 Å². The predicted molar refractivity (Wildman–Crippen MR) is 68.6 cm³/mol. The van der Waals surface area contributed by atoms with E-state index >= 15 is 0 Å². The van der Waals surface area contributed by atoms with Gasteiger partial charge in [-0.05, 0) is 43.5 Å². The number of fused-ring (bicyclic) bond motifs is 1. The van der Waals surface area contributed by atoms with Crippen molar-refractivity contribution < 1.29 is 0 Å². The summed E-state index contributed by atoms with van der Waals surface area (Å²) in [5.74, 6) is 1.73. The highest BCUT2D eigenvalue weighted by molar-refractivity contribution is 5.06. The highest BCUT2D eigenvalue weighted by Crippen LogP contribution is 2.34. The molecule has 2 fully saturated rings. The first-order valence-electron chi connectivity index (χ1n) is 6.73. The van der Waals surface area contributed by atoms with Gasteiger partial charge in [0.2, 0.25) is 0 Å². The fraction of sp³-hybridized carbons (Fsp3) is 0.643. The lowest BCUT2D eigenvalue weighted by Crippen LogP contribution is -2.34. The average Bonchev–Trinajstić information content (AvgIpc) is 2.90. The summed E-state index contributed by atoms with van der Waals surface area (Å²) in [5, 5.41) is 3.53. The number of hydrogen-bond donors (Lipinski definition) is 1. The van der Waals surface area contributed by atoms with E-state index < -0.39 is 0 Å². The Balaban J connectivity index is 1.71. The minimum atomic E-state index is 0.747. The molecule has 0 saturated carbocycles. The molecule has 1 aromatic rings. The smallest absolute Gasteiger partial charge is 0.0544 e. The molecule has 3 heteroatoms. The molecule has 0 aliphatic carbocycles. The van der Waals surface area contributed by atoms with E-state index in [4.69, 9.17) is 0 Å². The third-order valence-corrected chi connectivity index (χ3v) is 4.33. The first kappa shape index (κ1) is 11.2. The second kappa shape index (κ2) is 4.75. The molecule has 3 heterocycles. The fourth-order valence-corrected chi connectivity index (χ4v) is 3.55. The van der Waals surface area contributed by atoms with E-state index in [0.717, 1.165) is 24.4 Å². The number of nitrogens with one attached hydrogen (secondary N) is 1. The molecule has 1 N–H and O–H groups in total. The lowest BCUT2D eigenvalue weighted by molar-refractivity contribution is 0.208. The van der Waals surface area contributed by atoms with Crippen LogP contribution in [0.5, 0.6) is 0 Å². The Morgan fingerprint density at radius 1 is 1.41 bits per heavy atom. The molecule has 3 unspecified atom stereocenters. The molecule has 3 nitrogen and oxygen atoms in total. The molecule has 3 rings (SSSR count). The number of nitrogens with zero attached hydrogens (tertiary/aromatic N) is 2. The average molecular weight is 231 g/mol. The van der Waals surface area contributed by atoms with Crippen molar-refractivity contribution in [2.75, 3.05) is 19.6 Å². The molecule has 2 aliphatic heterocycles. The second-order valence-electron chi connectivity index (χ2n) is 5.31. The van der Waals surface area contributed by atoms with Crippen molar-refractivity contribution >= 4 is 0 Å². The Morgan fingerprint density at radius 2 is 2.35 bits per heavy atom. The Kier molecular flexibility index (Phi) is 3.12. The highest BCUT2D eigenvalue weighted by Gasteiger charge is 2.42. The van der Waals surface area contributed by atoms with Gasteiger partial charge in [-0.3, -0.25) is 9.88 Å². The van der Waals surface area contributed by atoms with Crippen LogP contribution in [0.1, 0.15) is 19.0 Å². The summed E-state index contributed by atoms with van der Waals surface area (Å²) >= 11 is 0. The van der Waals surface area contributed by atoms with Crippen LogP contribution in [0.2, 0.25) is 0 Å². The van der Waals surface area contributed by atoms with Crippen molar-refractivity contribution in [1.29, 1.82) is 0 Å². The molecule has 2 aliphatic rings. The summed E-state index contributed by atoms with van der Waals surface area (Å²) in [5.41, 5.74) is 1.21. The van der Waals surface area contributed by atoms with E-state index in [1.54, 1.807) is 0 Å². The van der Waals surface area contributed by atoms with Crippen LogP contribution in [0.15, 0.2) is 24.4 Å². The van der Waals surface area contributed by atoms with Gasteiger partial charge in [-0.2, -0.15) is 0 Å². The van der Waals surface area contributed by atoms with E-state index in [1.807, 2.05) is 12.3 Å². The molecular weight excluding hydrogens is 210 g/mol. The molecule has 92 valence electrons. The van der Waals surface area contributed by atoms with Crippen molar-refractivity contribution in [3.05, 3.63) is 30.1 Å². The quantitative estimate of drug-likeness (QED) is 0.854. The second-order valence-corrected chi connectivity index (χ2v) is 5.31. The summed E-state index contributed by atoms with van der Waals surface area (Å²) in [7, 11) is 0. The largest absolute Gasteiger partial charge is 0.316 e. The predicted octanol–water partition coefficient (Wildman–Crippen LogP) is 1.51. The Hall–Kier alpha value is -0.930. The van der Waals surface area contributed by atoms with Gasteiger partial charge in [-0.25, -0.2) is 0 Å². The van der Waals surface area contributed by atoms with Gasteiger partial charge in [0.1, 0.15) is 0 Å². The van der Waals surface area contributed by atoms with Gasteiger partial charge in [0.05, 0.1) is 5.69 Å². The minimum Gasteiger partial charge on any atom is -0.316 e. The van der Waals surface area contributed by atoms with Crippen LogP contribution in [-0.4, -0.2) is 35.6 Å². The molecule has 0 aromatic carbocycles. The SMILES string of the molecule is CCC1C2CNCC2CN1Cc1ccccn1. The third-order valence-electron chi connectivity index (χ3n) is 4.33. The summed E-state index contributed by atoms with van der Waals surface area (Å²) in [4.78, 5) is 7.09. The maximum atomic E-state index is 4.45. The van der Waals surface area contributed by atoms with Gasteiger partial charge in [0.15, 0.2) is 0 Å². The molecule has 0 amide bonds. The van der Waals surface area contributed by atoms with Crippen LogP contribution in [0.3, 0.4) is 0 Å². The molecule has 3 atom stereocenters. The first-order chi connectivity index (χ1) is 8.38. The Labute approximate surface area is 103 Å². The number of likely N-dealkylation sites (tertiary alicyclic amines) is 1. The zero-order valence-electron chi connectivity index (χ0n) is 10.5. The standard InChI is InChI=1S/C14H21N3/c1-2-14-13-8-15-7-11(13)9-17(14)10-12-5-3-4-6-16-12/h3-6,11,13-15H,2,7-10H2,1H3. The summed E-state index contributed by atoms with van der Waals surface area (Å²) < 4.78 is 0. The van der Waals surface area contributed by atoms with E-state index in [9.17, 15) is 0 Å². The van der Waals surface area contributed by atoms with Crippen molar-refractivity contribution in [2.45, 2.75) is 25.9 Å². The topological polar surface area (TPSA) is 28.2 Å². The Morgan fingerprint density at radius 3 is 3.12 bits per heavy atom. The van der Waals surface area contributed by atoms with Gasteiger partial charge in [-0.1, -0.05) is 13.0 Å². The van der Waals surface area contributed by atoms with Crippen LogP contribution >= 0.6 is 0 Å². The molecule has 0 bridgehead atoms. The van der Waals surface area contributed by atoms with E-state index in [0.29, 0.717) is 0 Å². The van der Waals surface area contributed by atoms with Crippen LogP contribution in [0.25, 0.3) is 0 Å². The normalized spacial score (nSPS) is 32.9. The van der Waals surface area contributed by atoms with Crippen LogP contribution in [0.4, 0.5) is 0 Å². The van der Waals surface area contributed by atoms with Gasteiger partial charge in [0, 0.05) is 25.3 Å². The lowest BCUT2D eigenvalue weighted by atomic mass is 9.93. The Bertz CT molecular complexity index is 365. The molecule has 2 saturated heterocycles. The van der Waals surface area contributed by atoms with Gasteiger partial charge in [-0.15, -0.1) is 0 Å². The number of aromatic nitrogens is 1. The molecule has 1 aromatic heterocycles. The monoisotopic (exact) mass is 231 g/mol. The molecule has 17 heavy (non-hydrogen) atoms. The highest BCUT2D eigenvalue weighted by atomic mass is 15.2. The summed E-state index contributed by atoms with van der Waals surface area (Å²) in [6.07, 6.45) is 3.16. The van der Waals surface area contributed by atoms with Crippen molar-refractivity contribution in [3.63, 3.8) is 0 Å². The van der Waals surface area contributed by atoms with Crippen LogP contribution in [-0.2, 0) is 6.54 Å². The molecule has 0 spiro atoms.